The first-order chi connectivity index (χ1) is 9.17. The summed E-state index contributed by atoms with van der Waals surface area (Å²) in [5.74, 6) is -0.391. The van der Waals surface area contributed by atoms with Crippen molar-refractivity contribution in [3.8, 4) is 0 Å². The third-order valence-corrected chi connectivity index (χ3v) is 3.19. The molecule has 0 fully saturated rings. The maximum Gasteiger partial charge on any atom is 0.172 e. The number of carbonyl (C=O) groups is 1. The molecule has 6 heteroatoms. The largest absolute Gasteiger partial charge is 0.296 e. The molecular formula is C13H13ClFN3O. The average molecular weight is 282 g/mol. The van der Waals surface area contributed by atoms with Gasteiger partial charge in [0.2, 0.25) is 0 Å². The van der Waals surface area contributed by atoms with Gasteiger partial charge in [-0.3, -0.25) is 4.79 Å². The summed E-state index contributed by atoms with van der Waals surface area (Å²) in [5.41, 5.74) is 1.36. The van der Waals surface area contributed by atoms with Gasteiger partial charge in [0.25, 0.3) is 0 Å². The second-order valence-electron chi connectivity index (χ2n) is 4.15. The average Bonchev–Trinajstić information content (AvgIpc) is 2.77. The first kappa shape index (κ1) is 13.7. The first-order valence-corrected chi connectivity index (χ1v) is 6.35. The number of benzene rings is 1. The highest BCUT2D eigenvalue weighted by atomic mass is 35.5. The van der Waals surface area contributed by atoms with Crippen LogP contribution in [0.2, 0.25) is 5.02 Å². The summed E-state index contributed by atoms with van der Waals surface area (Å²) in [5, 5.41) is 8.02. The van der Waals surface area contributed by atoms with E-state index < -0.39 is 5.82 Å². The molecule has 0 unspecified atom stereocenters. The highest BCUT2D eigenvalue weighted by Gasteiger charge is 2.14. The number of nitrogens with zero attached hydrogens (tertiary/aromatic N) is 3. The zero-order valence-electron chi connectivity index (χ0n) is 10.4. The predicted molar refractivity (Wildman–Crippen MR) is 69.9 cm³/mol. The summed E-state index contributed by atoms with van der Waals surface area (Å²) >= 11 is 5.98. The second-order valence-corrected chi connectivity index (χ2v) is 4.55. The highest BCUT2D eigenvalue weighted by molar-refractivity contribution is 6.31. The van der Waals surface area contributed by atoms with Crippen LogP contribution in [0.15, 0.2) is 18.2 Å². The zero-order chi connectivity index (χ0) is 13.8. The maximum atomic E-state index is 13.7. The molecule has 2 rings (SSSR count). The monoisotopic (exact) mass is 281 g/mol. The Kier molecular flexibility index (Phi) is 4.27. The van der Waals surface area contributed by atoms with E-state index in [0.29, 0.717) is 34.7 Å². The van der Waals surface area contributed by atoms with Crippen LogP contribution >= 0.6 is 11.6 Å². The zero-order valence-corrected chi connectivity index (χ0v) is 11.2. The molecule has 0 aliphatic carbocycles. The molecule has 1 aromatic heterocycles. The molecule has 2 aromatic rings. The number of aromatic nitrogens is 3. The van der Waals surface area contributed by atoms with E-state index in [2.05, 4.69) is 10.3 Å². The molecule has 0 aliphatic rings. The van der Waals surface area contributed by atoms with Crippen molar-refractivity contribution in [2.45, 2.75) is 26.3 Å². The number of rotatable bonds is 5. The lowest BCUT2D eigenvalue weighted by atomic mass is 10.2. The number of halogens is 2. The summed E-state index contributed by atoms with van der Waals surface area (Å²) in [7, 11) is 0. The van der Waals surface area contributed by atoms with E-state index in [9.17, 15) is 9.18 Å². The van der Waals surface area contributed by atoms with Gasteiger partial charge in [-0.15, -0.1) is 5.10 Å². The van der Waals surface area contributed by atoms with Gasteiger partial charge in [0, 0.05) is 10.6 Å². The number of hydrogen-bond donors (Lipinski definition) is 0. The Labute approximate surface area is 115 Å². The Balaban J connectivity index is 2.38. The minimum Gasteiger partial charge on any atom is -0.296 e. The lowest BCUT2D eigenvalue weighted by Gasteiger charge is -2.08. The van der Waals surface area contributed by atoms with Crippen LogP contribution in [0.25, 0.3) is 0 Å². The third kappa shape index (κ3) is 2.81. The lowest BCUT2D eigenvalue weighted by Crippen LogP contribution is -2.09. The molecule has 4 nitrogen and oxygen atoms in total. The van der Waals surface area contributed by atoms with E-state index in [1.54, 1.807) is 12.1 Å². The van der Waals surface area contributed by atoms with Gasteiger partial charge in [-0.05, 0) is 18.6 Å². The molecule has 0 atom stereocenters. The molecule has 0 aliphatic heterocycles. The fourth-order valence-electron chi connectivity index (χ4n) is 1.89. The SMILES string of the molecule is CCCc1c(C=O)nnn1Cc1c(F)cccc1Cl. The standard InChI is InChI=1S/C13H13ClFN3O/c1-2-4-13-12(8-19)16-17-18(13)7-9-10(14)5-3-6-11(9)15/h3,5-6,8H,2,4,7H2,1H3. The minimum absolute atomic E-state index is 0.168. The van der Waals surface area contributed by atoms with Gasteiger partial charge in [-0.25, -0.2) is 9.07 Å². The lowest BCUT2D eigenvalue weighted by molar-refractivity contribution is 0.111. The van der Waals surface area contributed by atoms with E-state index in [-0.39, 0.29) is 6.54 Å². The molecule has 1 aromatic carbocycles. The molecule has 0 saturated carbocycles. The molecule has 100 valence electrons. The Hall–Kier alpha value is -1.75. The van der Waals surface area contributed by atoms with Crippen LogP contribution in [0.5, 0.6) is 0 Å². The maximum absolute atomic E-state index is 13.7. The van der Waals surface area contributed by atoms with E-state index in [1.165, 1.54) is 10.7 Å². The molecule has 0 N–H and O–H groups in total. The predicted octanol–water partition coefficient (Wildman–Crippen LogP) is 2.88. The van der Waals surface area contributed by atoms with Crippen LogP contribution < -0.4 is 0 Å². The van der Waals surface area contributed by atoms with Gasteiger partial charge >= 0.3 is 0 Å². The van der Waals surface area contributed by atoms with Gasteiger partial charge in [0.15, 0.2) is 6.29 Å². The fraction of sp³-hybridized carbons (Fsp3) is 0.308. The fourth-order valence-corrected chi connectivity index (χ4v) is 2.11. The van der Waals surface area contributed by atoms with Crippen molar-refractivity contribution in [3.05, 3.63) is 46.0 Å². The van der Waals surface area contributed by atoms with Gasteiger partial charge in [0.05, 0.1) is 12.2 Å². The van der Waals surface area contributed by atoms with Crippen molar-refractivity contribution in [2.75, 3.05) is 0 Å². The smallest absolute Gasteiger partial charge is 0.172 e. The quantitative estimate of drug-likeness (QED) is 0.792. The molecule has 1 heterocycles. The number of carbonyl (C=O) groups excluding carboxylic acids is 1. The van der Waals surface area contributed by atoms with E-state index in [0.717, 1.165) is 6.42 Å². The summed E-state index contributed by atoms with van der Waals surface area (Å²) < 4.78 is 15.3. The Morgan fingerprint density at radius 1 is 1.47 bits per heavy atom. The first-order valence-electron chi connectivity index (χ1n) is 5.97. The summed E-state index contributed by atoms with van der Waals surface area (Å²) in [6, 6.07) is 4.52. The molecule has 0 saturated heterocycles. The molecule has 0 amide bonds. The molecule has 0 radical (unpaired) electrons. The number of aldehydes is 1. The van der Waals surface area contributed by atoms with Crippen molar-refractivity contribution < 1.29 is 9.18 Å². The van der Waals surface area contributed by atoms with Crippen molar-refractivity contribution >= 4 is 17.9 Å². The van der Waals surface area contributed by atoms with Crippen LogP contribution in [-0.4, -0.2) is 21.3 Å². The van der Waals surface area contributed by atoms with Gasteiger partial charge in [-0.1, -0.05) is 36.2 Å². The summed E-state index contributed by atoms with van der Waals surface area (Å²) in [4.78, 5) is 10.9. The minimum atomic E-state index is -0.391. The van der Waals surface area contributed by atoms with Crippen LogP contribution in [0.1, 0.15) is 35.1 Å². The van der Waals surface area contributed by atoms with Gasteiger partial charge < -0.3 is 0 Å². The second kappa shape index (κ2) is 5.93. The van der Waals surface area contributed by atoms with Crippen molar-refractivity contribution in [1.29, 1.82) is 0 Å². The third-order valence-electron chi connectivity index (χ3n) is 2.84. The van der Waals surface area contributed by atoms with Gasteiger partial charge in [-0.2, -0.15) is 0 Å². The van der Waals surface area contributed by atoms with Crippen LogP contribution in [0.4, 0.5) is 4.39 Å². The van der Waals surface area contributed by atoms with Crippen LogP contribution in [0, 0.1) is 5.82 Å². The van der Waals surface area contributed by atoms with Crippen molar-refractivity contribution in [2.24, 2.45) is 0 Å². The summed E-state index contributed by atoms with van der Waals surface area (Å²) in [6.07, 6.45) is 2.17. The summed E-state index contributed by atoms with van der Waals surface area (Å²) in [6.45, 7) is 2.16. The normalized spacial score (nSPS) is 10.7. The number of hydrogen-bond acceptors (Lipinski definition) is 3. The Bertz CT molecular complexity index is 577. The van der Waals surface area contributed by atoms with Gasteiger partial charge in [0.1, 0.15) is 11.5 Å². The molecular weight excluding hydrogens is 269 g/mol. The highest BCUT2D eigenvalue weighted by Crippen LogP contribution is 2.21. The molecule has 0 spiro atoms. The topological polar surface area (TPSA) is 47.8 Å². The molecule has 0 bridgehead atoms. The van der Waals surface area contributed by atoms with Crippen LogP contribution in [0.3, 0.4) is 0 Å². The van der Waals surface area contributed by atoms with E-state index >= 15 is 0 Å². The Morgan fingerprint density at radius 2 is 2.26 bits per heavy atom. The molecule has 19 heavy (non-hydrogen) atoms. The Morgan fingerprint density at radius 3 is 2.89 bits per heavy atom. The van der Waals surface area contributed by atoms with Crippen molar-refractivity contribution in [1.82, 2.24) is 15.0 Å². The van der Waals surface area contributed by atoms with Crippen molar-refractivity contribution in [3.63, 3.8) is 0 Å². The van der Waals surface area contributed by atoms with Crippen LogP contribution in [-0.2, 0) is 13.0 Å². The van der Waals surface area contributed by atoms with E-state index in [4.69, 9.17) is 11.6 Å². The van der Waals surface area contributed by atoms with E-state index in [1.807, 2.05) is 6.92 Å².